The summed E-state index contributed by atoms with van der Waals surface area (Å²) in [6, 6.07) is 0. The lowest BCUT2D eigenvalue weighted by molar-refractivity contribution is -0.130. The average molecular weight is 224 g/mol. The molecular weight excluding hydrogens is 200 g/mol. The molecule has 0 spiro atoms. The number of likely N-dealkylation sites (tertiary alicyclic amines) is 1. The highest BCUT2D eigenvalue weighted by Gasteiger charge is 2.36. The van der Waals surface area contributed by atoms with Crippen molar-refractivity contribution >= 4 is 5.91 Å². The Balaban J connectivity index is 1.65. The van der Waals surface area contributed by atoms with Crippen molar-refractivity contribution in [1.29, 1.82) is 0 Å². The summed E-state index contributed by atoms with van der Waals surface area (Å²) in [6.07, 6.45) is 7.58. The fourth-order valence-corrected chi connectivity index (χ4v) is 2.29. The van der Waals surface area contributed by atoms with Gasteiger partial charge in [-0.2, -0.15) is 0 Å². The van der Waals surface area contributed by atoms with Crippen LogP contribution in [0.3, 0.4) is 0 Å². The van der Waals surface area contributed by atoms with E-state index in [-0.39, 0.29) is 0 Å². The van der Waals surface area contributed by atoms with Gasteiger partial charge in [-0.1, -0.05) is 19.8 Å². The van der Waals surface area contributed by atoms with E-state index in [4.69, 9.17) is 0 Å². The lowest BCUT2D eigenvalue weighted by atomic mass is 10.1. The van der Waals surface area contributed by atoms with E-state index in [1.54, 1.807) is 0 Å². The highest BCUT2D eigenvalue weighted by atomic mass is 16.2. The van der Waals surface area contributed by atoms with E-state index in [1.807, 2.05) is 4.90 Å². The molecule has 0 aromatic heterocycles. The third-order valence-corrected chi connectivity index (χ3v) is 3.89. The van der Waals surface area contributed by atoms with E-state index in [2.05, 4.69) is 12.2 Å². The van der Waals surface area contributed by atoms with Crippen LogP contribution in [0.2, 0.25) is 0 Å². The van der Waals surface area contributed by atoms with Crippen molar-refractivity contribution in [2.24, 2.45) is 5.41 Å². The number of hydrogen-bond acceptors (Lipinski definition) is 2. The Kier molecular flexibility index (Phi) is 3.85. The van der Waals surface area contributed by atoms with E-state index >= 15 is 0 Å². The second kappa shape index (κ2) is 5.17. The zero-order chi connectivity index (χ0) is 11.4. The second-order valence-corrected chi connectivity index (χ2v) is 5.71. The van der Waals surface area contributed by atoms with Gasteiger partial charge in [-0.25, -0.2) is 0 Å². The van der Waals surface area contributed by atoms with Crippen molar-refractivity contribution in [3.05, 3.63) is 0 Å². The smallest absolute Gasteiger partial charge is 0.236 e. The monoisotopic (exact) mass is 224 g/mol. The lowest BCUT2D eigenvalue weighted by Gasteiger charge is -2.21. The normalized spacial score (nSPS) is 23.9. The first kappa shape index (κ1) is 11.9. The molecule has 0 bridgehead atoms. The Labute approximate surface area is 98.6 Å². The molecule has 0 aromatic carbocycles. The molecule has 1 saturated carbocycles. The van der Waals surface area contributed by atoms with Gasteiger partial charge < -0.3 is 10.2 Å². The van der Waals surface area contributed by atoms with Crippen LogP contribution in [0.15, 0.2) is 0 Å². The number of rotatable bonds is 4. The summed E-state index contributed by atoms with van der Waals surface area (Å²) in [6.45, 7) is 5.77. The minimum absolute atomic E-state index is 0.297. The van der Waals surface area contributed by atoms with E-state index in [1.165, 1.54) is 38.5 Å². The molecule has 0 aromatic rings. The summed E-state index contributed by atoms with van der Waals surface area (Å²) in [7, 11) is 0. The summed E-state index contributed by atoms with van der Waals surface area (Å²) in [5.41, 5.74) is 0.499. The van der Waals surface area contributed by atoms with Crippen molar-refractivity contribution in [3.63, 3.8) is 0 Å². The molecule has 0 radical (unpaired) electrons. The first-order valence-electron chi connectivity index (χ1n) is 6.68. The van der Waals surface area contributed by atoms with Crippen molar-refractivity contribution in [1.82, 2.24) is 10.2 Å². The van der Waals surface area contributed by atoms with E-state index in [0.29, 0.717) is 17.9 Å². The molecule has 92 valence electrons. The van der Waals surface area contributed by atoms with Crippen LogP contribution in [0, 0.1) is 5.41 Å². The predicted octanol–water partition coefficient (Wildman–Crippen LogP) is 1.78. The average Bonchev–Trinajstić information content (AvgIpc) is 3.02. The Morgan fingerprint density at radius 3 is 2.38 bits per heavy atom. The number of amides is 1. The SMILES string of the molecule is CC1(CNCC(=O)N2CCCCCC2)CC1. The molecule has 2 aliphatic rings. The van der Waals surface area contributed by atoms with Gasteiger partial charge in [-0.05, 0) is 31.1 Å². The molecule has 3 heteroatoms. The Morgan fingerprint density at radius 1 is 1.19 bits per heavy atom. The zero-order valence-corrected chi connectivity index (χ0v) is 10.4. The number of nitrogens with zero attached hydrogens (tertiary/aromatic N) is 1. The predicted molar refractivity (Wildman–Crippen MR) is 65.3 cm³/mol. The van der Waals surface area contributed by atoms with Crippen molar-refractivity contribution in [2.45, 2.75) is 45.4 Å². The van der Waals surface area contributed by atoms with E-state index < -0.39 is 0 Å². The number of hydrogen-bond donors (Lipinski definition) is 1. The number of nitrogens with one attached hydrogen (secondary N) is 1. The summed E-state index contributed by atoms with van der Waals surface area (Å²) in [5.74, 6) is 0.297. The quantitative estimate of drug-likeness (QED) is 0.789. The molecule has 0 atom stereocenters. The van der Waals surface area contributed by atoms with Crippen LogP contribution in [0.25, 0.3) is 0 Å². The minimum Gasteiger partial charge on any atom is -0.342 e. The third-order valence-electron chi connectivity index (χ3n) is 3.89. The Morgan fingerprint density at radius 2 is 1.81 bits per heavy atom. The third kappa shape index (κ3) is 3.48. The molecule has 1 saturated heterocycles. The number of carbonyl (C=O) groups excluding carboxylic acids is 1. The molecular formula is C13H24N2O. The van der Waals surface area contributed by atoms with Gasteiger partial charge in [0.25, 0.3) is 0 Å². The summed E-state index contributed by atoms with van der Waals surface area (Å²) in [5, 5.41) is 3.31. The zero-order valence-electron chi connectivity index (χ0n) is 10.4. The fraction of sp³-hybridized carbons (Fsp3) is 0.923. The van der Waals surface area contributed by atoms with Crippen molar-refractivity contribution < 1.29 is 4.79 Å². The molecule has 2 rings (SSSR count). The molecule has 1 aliphatic heterocycles. The second-order valence-electron chi connectivity index (χ2n) is 5.71. The molecule has 1 aliphatic carbocycles. The van der Waals surface area contributed by atoms with Crippen LogP contribution >= 0.6 is 0 Å². The van der Waals surface area contributed by atoms with Gasteiger partial charge in [-0.15, -0.1) is 0 Å². The maximum absolute atomic E-state index is 11.9. The molecule has 1 amide bonds. The summed E-state index contributed by atoms with van der Waals surface area (Å²) < 4.78 is 0. The molecule has 3 nitrogen and oxygen atoms in total. The van der Waals surface area contributed by atoms with Crippen molar-refractivity contribution in [3.8, 4) is 0 Å². The van der Waals surface area contributed by atoms with Crippen LogP contribution in [-0.2, 0) is 4.79 Å². The molecule has 0 unspecified atom stereocenters. The highest BCUT2D eigenvalue weighted by molar-refractivity contribution is 5.78. The minimum atomic E-state index is 0.297. The van der Waals surface area contributed by atoms with Crippen molar-refractivity contribution in [2.75, 3.05) is 26.2 Å². The van der Waals surface area contributed by atoms with Crippen LogP contribution < -0.4 is 5.32 Å². The Hall–Kier alpha value is -0.570. The van der Waals surface area contributed by atoms with Crippen LogP contribution in [0.1, 0.15) is 45.4 Å². The van der Waals surface area contributed by atoms with Crippen LogP contribution in [0.5, 0.6) is 0 Å². The molecule has 2 fully saturated rings. The topological polar surface area (TPSA) is 32.3 Å². The fourth-order valence-electron chi connectivity index (χ4n) is 2.29. The standard InChI is InChI=1S/C13H24N2O/c1-13(6-7-13)11-14-10-12(16)15-8-4-2-3-5-9-15/h14H,2-11H2,1H3. The maximum atomic E-state index is 11.9. The maximum Gasteiger partial charge on any atom is 0.236 e. The molecule has 1 heterocycles. The first-order valence-corrected chi connectivity index (χ1v) is 6.68. The molecule has 1 N–H and O–H groups in total. The van der Waals surface area contributed by atoms with Gasteiger partial charge in [0.2, 0.25) is 5.91 Å². The molecule has 16 heavy (non-hydrogen) atoms. The van der Waals surface area contributed by atoms with Gasteiger partial charge >= 0.3 is 0 Å². The van der Waals surface area contributed by atoms with Gasteiger partial charge in [0.05, 0.1) is 6.54 Å². The van der Waals surface area contributed by atoms with Crippen LogP contribution in [0.4, 0.5) is 0 Å². The van der Waals surface area contributed by atoms with E-state index in [0.717, 1.165) is 19.6 Å². The van der Waals surface area contributed by atoms with Gasteiger partial charge in [-0.3, -0.25) is 4.79 Å². The lowest BCUT2D eigenvalue weighted by Crippen LogP contribution is -2.40. The first-order chi connectivity index (χ1) is 7.70. The Bertz CT molecular complexity index is 240. The van der Waals surface area contributed by atoms with E-state index in [9.17, 15) is 4.79 Å². The van der Waals surface area contributed by atoms with Gasteiger partial charge in [0.15, 0.2) is 0 Å². The largest absolute Gasteiger partial charge is 0.342 e. The van der Waals surface area contributed by atoms with Gasteiger partial charge in [0.1, 0.15) is 0 Å². The van der Waals surface area contributed by atoms with Crippen LogP contribution in [-0.4, -0.2) is 37.0 Å². The summed E-state index contributed by atoms with van der Waals surface area (Å²) in [4.78, 5) is 14.0. The highest BCUT2D eigenvalue weighted by Crippen LogP contribution is 2.43. The summed E-state index contributed by atoms with van der Waals surface area (Å²) >= 11 is 0. The number of carbonyl (C=O) groups is 1. The van der Waals surface area contributed by atoms with Gasteiger partial charge in [0, 0.05) is 19.6 Å².